The first-order valence-electron chi connectivity index (χ1n) is 6.78. The molecule has 0 saturated carbocycles. The third kappa shape index (κ3) is 4.41. The molecular weight excluding hydrogens is 361 g/mol. The van der Waals surface area contributed by atoms with Crippen LogP contribution in [0, 0.1) is 6.92 Å². The van der Waals surface area contributed by atoms with Gasteiger partial charge in [0.15, 0.2) is 0 Å². The van der Waals surface area contributed by atoms with Crippen LogP contribution in [0.1, 0.15) is 15.9 Å². The highest BCUT2D eigenvalue weighted by Crippen LogP contribution is 2.31. The molecule has 0 spiro atoms. The van der Waals surface area contributed by atoms with Crippen LogP contribution in [0.25, 0.3) is 0 Å². The molecule has 134 valence electrons. The van der Waals surface area contributed by atoms with E-state index >= 15 is 0 Å². The van der Waals surface area contributed by atoms with Gasteiger partial charge in [0.1, 0.15) is 10.6 Å². The number of ether oxygens (including phenoxy) is 1. The van der Waals surface area contributed by atoms with Crippen molar-refractivity contribution in [2.24, 2.45) is 5.73 Å². The SMILES string of the molecule is Cc1cccc(C(N)=O)c1NS(=O)(=O)c1ccccc1OC(F)(F)F. The van der Waals surface area contributed by atoms with E-state index in [0.717, 1.165) is 12.1 Å². The van der Waals surface area contributed by atoms with Gasteiger partial charge in [0, 0.05) is 0 Å². The summed E-state index contributed by atoms with van der Waals surface area (Å²) in [5.41, 5.74) is 5.35. The summed E-state index contributed by atoms with van der Waals surface area (Å²) in [7, 11) is -4.48. The Kier molecular flexibility index (Phi) is 4.93. The first kappa shape index (κ1) is 18.6. The summed E-state index contributed by atoms with van der Waals surface area (Å²) in [6.07, 6.45) is -5.06. The van der Waals surface area contributed by atoms with Crippen LogP contribution in [0.3, 0.4) is 0 Å². The number of hydrogen-bond acceptors (Lipinski definition) is 4. The number of carbonyl (C=O) groups excluding carboxylic acids is 1. The van der Waals surface area contributed by atoms with Crippen molar-refractivity contribution < 1.29 is 31.1 Å². The fourth-order valence-electron chi connectivity index (χ4n) is 2.08. The zero-order valence-corrected chi connectivity index (χ0v) is 13.6. The summed E-state index contributed by atoms with van der Waals surface area (Å²) in [6, 6.07) is 8.56. The average molecular weight is 374 g/mol. The Morgan fingerprint density at radius 3 is 2.36 bits per heavy atom. The second-order valence-electron chi connectivity index (χ2n) is 4.96. The van der Waals surface area contributed by atoms with Crippen molar-refractivity contribution in [2.45, 2.75) is 18.2 Å². The van der Waals surface area contributed by atoms with Crippen molar-refractivity contribution >= 4 is 21.6 Å². The number of primary amides is 1. The van der Waals surface area contributed by atoms with Crippen LogP contribution < -0.4 is 15.2 Å². The highest BCUT2D eigenvalue weighted by molar-refractivity contribution is 7.92. The molecule has 0 bridgehead atoms. The summed E-state index contributed by atoms with van der Waals surface area (Å²) < 4.78 is 68.3. The predicted molar refractivity (Wildman–Crippen MR) is 83.6 cm³/mol. The zero-order chi connectivity index (χ0) is 18.8. The Labute approximate surface area is 141 Å². The lowest BCUT2D eigenvalue weighted by molar-refractivity contribution is -0.275. The standard InChI is InChI=1S/C15H13F3N2O4S/c1-9-5-4-6-10(14(19)21)13(9)20-25(22,23)12-8-3-2-7-11(12)24-15(16,17)18/h2-8,20H,1H3,(H2,19,21). The molecule has 10 heteroatoms. The Balaban J connectivity index is 2.51. The highest BCUT2D eigenvalue weighted by atomic mass is 32.2. The number of anilines is 1. The minimum atomic E-state index is -5.06. The molecule has 2 aromatic rings. The van der Waals surface area contributed by atoms with Crippen LogP contribution in [0.2, 0.25) is 0 Å². The van der Waals surface area contributed by atoms with Gasteiger partial charge in [-0.15, -0.1) is 13.2 Å². The van der Waals surface area contributed by atoms with E-state index in [-0.39, 0.29) is 11.3 Å². The fourth-order valence-corrected chi connectivity index (χ4v) is 3.36. The summed E-state index contributed by atoms with van der Waals surface area (Å²) in [4.78, 5) is 10.7. The molecule has 2 rings (SSSR count). The summed E-state index contributed by atoms with van der Waals surface area (Å²) in [5.74, 6) is -1.78. The Morgan fingerprint density at radius 2 is 1.76 bits per heavy atom. The van der Waals surface area contributed by atoms with Gasteiger partial charge in [0.2, 0.25) is 0 Å². The fraction of sp³-hybridized carbons (Fsp3) is 0.133. The number of amides is 1. The zero-order valence-electron chi connectivity index (χ0n) is 12.8. The van der Waals surface area contributed by atoms with Gasteiger partial charge in [-0.1, -0.05) is 24.3 Å². The van der Waals surface area contributed by atoms with Gasteiger partial charge >= 0.3 is 6.36 Å². The lowest BCUT2D eigenvalue weighted by atomic mass is 10.1. The maximum Gasteiger partial charge on any atom is 0.573 e. The molecule has 0 aliphatic carbocycles. The predicted octanol–water partition coefficient (Wildman–Crippen LogP) is 2.79. The summed E-state index contributed by atoms with van der Waals surface area (Å²) in [6.45, 7) is 1.52. The minimum absolute atomic E-state index is 0.113. The van der Waals surface area contributed by atoms with Crippen LogP contribution in [0.4, 0.5) is 18.9 Å². The van der Waals surface area contributed by atoms with Crippen molar-refractivity contribution in [1.29, 1.82) is 0 Å². The highest BCUT2D eigenvalue weighted by Gasteiger charge is 2.34. The average Bonchev–Trinajstić information content (AvgIpc) is 2.47. The van der Waals surface area contributed by atoms with E-state index in [4.69, 9.17) is 5.73 Å². The number of carbonyl (C=O) groups is 1. The van der Waals surface area contributed by atoms with Gasteiger partial charge in [-0.25, -0.2) is 8.42 Å². The smallest absolute Gasteiger partial charge is 0.404 e. The minimum Gasteiger partial charge on any atom is -0.404 e. The van der Waals surface area contributed by atoms with Crippen LogP contribution >= 0.6 is 0 Å². The van der Waals surface area contributed by atoms with Crippen molar-refractivity contribution in [3.63, 3.8) is 0 Å². The first-order chi connectivity index (χ1) is 11.5. The quantitative estimate of drug-likeness (QED) is 0.841. The van der Waals surface area contributed by atoms with E-state index < -0.39 is 32.9 Å². The molecule has 6 nitrogen and oxygen atoms in total. The van der Waals surface area contributed by atoms with E-state index in [9.17, 15) is 26.4 Å². The van der Waals surface area contributed by atoms with E-state index in [1.165, 1.54) is 37.3 Å². The Bertz CT molecular complexity index is 911. The molecule has 0 aliphatic heterocycles. The third-order valence-electron chi connectivity index (χ3n) is 3.14. The number of nitrogens with one attached hydrogen (secondary N) is 1. The number of benzene rings is 2. The van der Waals surface area contributed by atoms with Gasteiger partial charge in [-0.2, -0.15) is 0 Å². The number of para-hydroxylation sites is 2. The van der Waals surface area contributed by atoms with E-state index in [0.29, 0.717) is 5.56 Å². The Hall–Kier alpha value is -2.75. The topological polar surface area (TPSA) is 98.5 Å². The molecule has 1 amide bonds. The number of nitrogens with two attached hydrogens (primary N) is 1. The monoisotopic (exact) mass is 374 g/mol. The van der Waals surface area contributed by atoms with Crippen molar-refractivity contribution in [2.75, 3.05) is 4.72 Å². The van der Waals surface area contributed by atoms with E-state index in [2.05, 4.69) is 9.46 Å². The second kappa shape index (κ2) is 6.63. The number of rotatable bonds is 5. The molecule has 0 aromatic heterocycles. The number of halogens is 3. The largest absolute Gasteiger partial charge is 0.573 e. The van der Waals surface area contributed by atoms with Crippen LogP contribution in [0.15, 0.2) is 47.4 Å². The maximum atomic E-state index is 12.5. The van der Waals surface area contributed by atoms with E-state index in [1.54, 1.807) is 0 Å². The van der Waals surface area contributed by atoms with Gasteiger partial charge in [0.25, 0.3) is 15.9 Å². The number of sulfonamides is 1. The molecule has 25 heavy (non-hydrogen) atoms. The maximum absolute atomic E-state index is 12.5. The lowest BCUT2D eigenvalue weighted by Gasteiger charge is -2.16. The van der Waals surface area contributed by atoms with Gasteiger partial charge < -0.3 is 10.5 Å². The molecule has 0 unspecified atom stereocenters. The molecule has 0 heterocycles. The van der Waals surface area contributed by atoms with Crippen LogP contribution in [-0.2, 0) is 10.0 Å². The van der Waals surface area contributed by atoms with Crippen molar-refractivity contribution in [1.82, 2.24) is 0 Å². The van der Waals surface area contributed by atoms with Gasteiger partial charge in [-0.3, -0.25) is 9.52 Å². The summed E-state index contributed by atoms with van der Waals surface area (Å²) in [5, 5.41) is 0. The molecular formula is C15H13F3N2O4S. The normalized spacial score (nSPS) is 11.8. The molecule has 0 aliphatic rings. The number of aryl methyl sites for hydroxylation is 1. The molecule has 0 saturated heterocycles. The molecule has 0 fully saturated rings. The van der Waals surface area contributed by atoms with Gasteiger partial charge in [-0.05, 0) is 30.7 Å². The second-order valence-corrected chi connectivity index (χ2v) is 6.61. The third-order valence-corrected chi connectivity index (χ3v) is 4.53. The first-order valence-corrected chi connectivity index (χ1v) is 8.26. The Morgan fingerprint density at radius 1 is 1.12 bits per heavy atom. The van der Waals surface area contributed by atoms with Crippen LogP contribution in [-0.4, -0.2) is 20.7 Å². The van der Waals surface area contributed by atoms with E-state index in [1.807, 2.05) is 0 Å². The number of alkyl halides is 3. The molecule has 0 atom stereocenters. The van der Waals surface area contributed by atoms with Crippen molar-refractivity contribution in [3.8, 4) is 5.75 Å². The van der Waals surface area contributed by atoms with Gasteiger partial charge in [0.05, 0.1) is 11.3 Å². The molecule has 2 aromatic carbocycles. The van der Waals surface area contributed by atoms with Crippen molar-refractivity contribution in [3.05, 3.63) is 53.6 Å². The summed E-state index contributed by atoms with van der Waals surface area (Å²) >= 11 is 0. The van der Waals surface area contributed by atoms with Crippen LogP contribution in [0.5, 0.6) is 5.75 Å². The lowest BCUT2D eigenvalue weighted by Crippen LogP contribution is -2.22. The molecule has 0 radical (unpaired) electrons. The molecule has 3 N–H and O–H groups in total. The number of hydrogen-bond donors (Lipinski definition) is 2.